The Hall–Kier alpha value is -0.360. The Bertz CT molecular complexity index is 364. The van der Waals surface area contributed by atoms with E-state index in [2.05, 4.69) is 5.43 Å². The van der Waals surface area contributed by atoms with Crippen molar-refractivity contribution in [3.8, 4) is 0 Å². The second kappa shape index (κ2) is 8.69. The van der Waals surface area contributed by atoms with Gasteiger partial charge in [0.25, 0.3) is 0 Å². The number of halogens is 2. The highest BCUT2D eigenvalue weighted by atomic mass is 35.5. The van der Waals surface area contributed by atoms with Gasteiger partial charge in [0.15, 0.2) is 0 Å². The van der Waals surface area contributed by atoms with Crippen LogP contribution < -0.4 is 11.3 Å². The Balaban J connectivity index is 2.52. The van der Waals surface area contributed by atoms with Crippen LogP contribution in [0.1, 0.15) is 18.0 Å². The van der Waals surface area contributed by atoms with Crippen LogP contribution in [0.5, 0.6) is 0 Å². The predicted molar refractivity (Wildman–Crippen MR) is 73.8 cm³/mol. The molecule has 0 bridgehead atoms. The summed E-state index contributed by atoms with van der Waals surface area (Å²) in [5.41, 5.74) is 3.60. The second-order valence-corrected chi connectivity index (χ2v) is 4.54. The Morgan fingerprint density at radius 1 is 1.28 bits per heavy atom. The molecule has 0 heterocycles. The highest BCUT2D eigenvalue weighted by molar-refractivity contribution is 6.42. The molecule has 0 saturated heterocycles. The molecule has 0 radical (unpaired) electrons. The molecule has 0 aliphatic heterocycles. The lowest BCUT2D eigenvalue weighted by Crippen LogP contribution is -2.29. The lowest BCUT2D eigenvalue weighted by molar-refractivity contribution is 0.0658. The summed E-state index contributed by atoms with van der Waals surface area (Å²) in [5, 5.41) is 1.05. The number of ether oxygens (including phenoxy) is 2. The molecule has 1 unspecified atom stereocenters. The summed E-state index contributed by atoms with van der Waals surface area (Å²) >= 11 is 12.1. The number of hydrazine groups is 1. The highest BCUT2D eigenvalue weighted by Gasteiger charge is 2.14. The van der Waals surface area contributed by atoms with Gasteiger partial charge in [0.1, 0.15) is 0 Å². The molecule has 0 aliphatic carbocycles. The van der Waals surface area contributed by atoms with E-state index in [9.17, 15) is 0 Å². The van der Waals surface area contributed by atoms with Gasteiger partial charge in [0.05, 0.1) is 23.3 Å². The van der Waals surface area contributed by atoms with Gasteiger partial charge in [-0.2, -0.15) is 0 Å². The van der Waals surface area contributed by atoms with Gasteiger partial charge in [-0.3, -0.25) is 11.3 Å². The molecule has 18 heavy (non-hydrogen) atoms. The molecule has 1 aromatic carbocycles. The van der Waals surface area contributed by atoms with Crippen molar-refractivity contribution >= 4 is 23.2 Å². The summed E-state index contributed by atoms with van der Waals surface area (Å²) in [7, 11) is 1.64. The van der Waals surface area contributed by atoms with Crippen LogP contribution in [0, 0.1) is 0 Å². The lowest BCUT2D eigenvalue weighted by Gasteiger charge is -2.18. The molecule has 1 atom stereocenters. The van der Waals surface area contributed by atoms with E-state index in [-0.39, 0.29) is 6.04 Å². The molecule has 3 N–H and O–H groups in total. The standard InChI is InChI=1S/C12H18Cl2N2O2/c1-17-7-8-18-6-5-11(16-15)9-3-2-4-10(13)12(9)14/h2-4,11,16H,5-8,15H2,1H3. The van der Waals surface area contributed by atoms with E-state index in [0.717, 1.165) is 5.56 Å². The molecule has 0 spiro atoms. The van der Waals surface area contributed by atoms with E-state index in [0.29, 0.717) is 36.3 Å². The molecule has 102 valence electrons. The van der Waals surface area contributed by atoms with Crippen LogP contribution >= 0.6 is 23.2 Å². The number of nitrogens with two attached hydrogens (primary N) is 1. The fraction of sp³-hybridized carbons (Fsp3) is 0.500. The number of rotatable bonds is 8. The molecule has 0 amide bonds. The maximum atomic E-state index is 6.14. The van der Waals surface area contributed by atoms with E-state index in [1.807, 2.05) is 12.1 Å². The van der Waals surface area contributed by atoms with Crippen LogP contribution in [0.15, 0.2) is 18.2 Å². The molecule has 4 nitrogen and oxygen atoms in total. The quantitative estimate of drug-likeness (QED) is 0.439. The molecule has 1 aromatic rings. The molecule has 0 fully saturated rings. The first-order valence-corrected chi connectivity index (χ1v) is 6.43. The average molecular weight is 293 g/mol. The Kier molecular flexibility index (Phi) is 7.58. The topological polar surface area (TPSA) is 56.5 Å². The first-order chi connectivity index (χ1) is 8.70. The third kappa shape index (κ3) is 4.72. The highest BCUT2D eigenvalue weighted by Crippen LogP contribution is 2.30. The predicted octanol–water partition coefficient (Wildman–Crippen LogP) is 2.55. The van der Waals surface area contributed by atoms with E-state index in [1.165, 1.54) is 0 Å². The normalized spacial score (nSPS) is 12.7. The Morgan fingerprint density at radius 2 is 2.06 bits per heavy atom. The molecule has 6 heteroatoms. The fourth-order valence-corrected chi connectivity index (χ4v) is 2.00. The second-order valence-electron chi connectivity index (χ2n) is 3.76. The van der Waals surface area contributed by atoms with Gasteiger partial charge in [0, 0.05) is 19.8 Å². The lowest BCUT2D eigenvalue weighted by atomic mass is 10.0. The van der Waals surface area contributed by atoms with Gasteiger partial charge in [0.2, 0.25) is 0 Å². The van der Waals surface area contributed by atoms with Gasteiger partial charge in [-0.25, -0.2) is 0 Å². The molecule has 0 saturated carbocycles. The zero-order chi connectivity index (χ0) is 13.4. The summed E-state index contributed by atoms with van der Waals surface area (Å²) in [4.78, 5) is 0. The van der Waals surface area contributed by atoms with E-state index in [1.54, 1.807) is 13.2 Å². The van der Waals surface area contributed by atoms with Crippen LogP contribution in [-0.2, 0) is 9.47 Å². The van der Waals surface area contributed by atoms with Crippen molar-refractivity contribution in [2.24, 2.45) is 5.84 Å². The van der Waals surface area contributed by atoms with Crippen LogP contribution in [0.4, 0.5) is 0 Å². The third-order valence-electron chi connectivity index (χ3n) is 2.54. The van der Waals surface area contributed by atoms with E-state index in [4.69, 9.17) is 38.5 Å². The summed E-state index contributed by atoms with van der Waals surface area (Å²) in [6.07, 6.45) is 0.709. The average Bonchev–Trinajstić information content (AvgIpc) is 2.38. The maximum absolute atomic E-state index is 6.14. The number of hydrogen-bond acceptors (Lipinski definition) is 4. The monoisotopic (exact) mass is 292 g/mol. The van der Waals surface area contributed by atoms with Crippen LogP contribution in [-0.4, -0.2) is 26.9 Å². The zero-order valence-corrected chi connectivity index (χ0v) is 11.8. The number of benzene rings is 1. The minimum atomic E-state index is -0.0845. The Labute approximate surface area is 117 Å². The Morgan fingerprint density at radius 3 is 2.72 bits per heavy atom. The van der Waals surface area contributed by atoms with Crippen LogP contribution in [0.25, 0.3) is 0 Å². The van der Waals surface area contributed by atoms with Crippen molar-refractivity contribution in [2.45, 2.75) is 12.5 Å². The summed E-state index contributed by atoms with van der Waals surface area (Å²) < 4.78 is 10.3. The summed E-state index contributed by atoms with van der Waals surface area (Å²) in [6, 6.07) is 5.41. The molecule has 0 aromatic heterocycles. The van der Waals surface area contributed by atoms with Crippen LogP contribution in [0.2, 0.25) is 10.0 Å². The van der Waals surface area contributed by atoms with Gasteiger partial charge < -0.3 is 9.47 Å². The van der Waals surface area contributed by atoms with Crippen molar-refractivity contribution in [1.29, 1.82) is 0 Å². The van der Waals surface area contributed by atoms with Gasteiger partial charge >= 0.3 is 0 Å². The van der Waals surface area contributed by atoms with Crippen molar-refractivity contribution in [2.75, 3.05) is 26.9 Å². The van der Waals surface area contributed by atoms with E-state index >= 15 is 0 Å². The van der Waals surface area contributed by atoms with Crippen molar-refractivity contribution in [3.05, 3.63) is 33.8 Å². The minimum Gasteiger partial charge on any atom is -0.382 e. The van der Waals surface area contributed by atoms with Gasteiger partial charge in [-0.15, -0.1) is 0 Å². The van der Waals surface area contributed by atoms with Crippen LogP contribution in [0.3, 0.4) is 0 Å². The summed E-state index contributed by atoms with van der Waals surface area (Å²) in [5.74, 6) is 5.53. The van der Waals surface area contributed by atoms with Crippen molar-refractivity contribution < 1.29 is 9.47 Å². The van der Waals surface area contributed by atoms with Crippen molar-refractivity contribution in [3.63, 3.8) is 0 Å². The number of nitrogens with one attached hydrogen (secondary N) is 1. The molecular weight excluding hydrogens is 275 g/mol. The SMILES string of the molecule is COCCOCCC(NN)c1cccc(Cl)c1Cl. The number of hydrogen-bond donors (Lipinski definition) is 2. The van der Waals surface area contributed by atoms with Gasteiger partial charge in [-0.1, -0.05) is 35.3 Å². The fourth-order valence-electron chi connectivity index (χ4n) is 1.56. The smallest absolute Gasteiger partial charge is 0.0700 e. The zero-order valence-electron chi connectivity index (χ0n) is 10.3. The van der Waals surface area contributed by atoms with Crippen molar-refractivity contribution in [1.82, 2.24) is 5.43 Å². The first-order valence-electron chi connectivity index (χ1n) is 5.67. The molecular formula is C12H18Cl2N2O2. The number of methoxy groups -OCH3 is 1. The summed E-state index contributed by atoms with van der Waals surface area (Å²) in [6.45, 7) is 1.72. The maximum Gasteiger partial charge on any atom is 0.0700 e. The third-order valence-corrected chi connectivity index (χ3v) is 3.37. The molecule has 0 aliphatic rings. The first kappa shape index (κ1) is 15.7. The largest absolute Gasteiger partial charge is 0.382 e. The van der Waals surface area contributed by atoms with Gasteiger partial charge in [-0.05, 0) is 18.1 Å². The minimum absolute atomic E-state index is 0.0845. The van der Waals surface area contributed by atoms with E-state index < -0.39 is 0 Å². The molecule has 1 rings (SSSR count).